The van der Waals surface area contributed by atoms with Crippen LogP contribution in [0.2, 0.25) is 0 Å². The molecular weight excluding hydrogens is 429 g/mol. The maximum absolute atomic E-state index is 13.0. The standard InChI is InChI=1S/C16H12INO4S/c1-10-6-8-11(9-7-10)23(21,22)18-13-5-3-2-4-12(13)14(17)15(18)16(19)20/h2-9H,1H3,(H,19,20). The van der Waals surface area contributed by atoms with E-state index in [4.69, 9.17) is 0 Å². The van der Waals surface area contributed by atoms with E-state index in [2.05, 4.69) is 0 Å². The van der Waals surface area contributed by atoms with Crippen LogP contribution in [0.4, 0.5) is 0 Å². The third-order valence-electron chi connectivity index (χ3n) is 3.53. The van der Waals surface area contributed by atoms with Gasteiger partial charge in [-0.2, -0.15) is 0 Å². The number of carboxylic acid groups (broad SMARTS) is 1. The Morgan fingerprint density at radius 3 is 2.30 bits per heavy atom. The summed E-state index contributed by atoms with van der Waals surface area (Å²) in [6.45, 7) is 1.85. The number of fused-ring (bicyclic) bond motifs is 1. The number of carbonyl (C=O) groups is 1. The number of hydrogen-bond acceptors (Lipinski definition) is 3. The van der Waals surface area contributed by atoms with Crippen molar-refractivity contribution in [3.63, 3.8) is 0 Å². The zero-order chi connectivity index (χ0) is 16.8. The monoisotopic (exact) mass is 441 g/mol. The summed E-state index contributed by atoms with van der Waals surface area (Å²) in [4.78, 5) is 11.7. The molecule has 0 bridgehead atoms. The predicted octanol–water partition coefficient (Wildman–Crippen LogP) is 3.49. The highest BCUT2D eigenvalue weighted by Gasteiger charge is 2.29. The third-order valence-corrected chi connectivity index (χ3v) is 6.35. The van der Waals surface area contributed by atoms with E-state index >= 15 is 0 Å². The molecule has 1 heterocycles. The molecule has 0 saturated heterocycles. The van der Waals surface area contributed by atoms with Gasteiger partial charge in [0.05, 0.1) is 14.0 Å². The summed E-state index contributed by atoms with van der Waals surface area (Å²) in [5, 5.41) is 10.1. The van der Waals surface area contributed by atoms with Crippen molar-refractivity contribution in [2.45, 2.75) is 11.8 Å². The summed E-state index contributed by atoms with van der Waals surface area (Å²) in [6, 6.07) is 13.1. The summed E-state index contributed by atoms with van der Waals surface area (Å²) >= 11 is 1.87. The van der Waals surface area contributed by atoms with Crippen molar-refractivity contribution >= 4 is 49.5 Å². The van der Waals surface area contributed by atoms with Crippen molar-refractivity contribution in [3.05, 3.63) is 63.4 Å². The van der Waals surface area contributed by atoms with Gasteiger partial charge in [0.25, 0.3) is 10.0 Å². The molecule has 0 fully saturated rings. The lowest BCUT2D eigenvalue weighted by atomic mass is 10.2. The lowest BCUT2D eigenvalue weighted by molar-refractivity contribution is 0.0688. The molecule has 118 valence electrons. The first-order valence-electron chi connectivity index (χ1n) is 6.68. The van der Waals surface area contributed by atoms with E-state index in [1.54, 1.807) is 36.4 Å². The minimum absolute atomic E-state index is 0.0581. The average Bonchev–Trinajstić information content (AvgIpc) is 2.82. The van der Waals surface area contributed by atoms with Crippen LogP contribution in [0.3, 0.4) is 0 Å². The van der Waals surface area contributed by atoms with Gasteiger partial charge in [-0.3, -0.25) is 0 Å². The van der Waals surface area contributed by atoms with Crippen LogP contribution in [0.15, 0.2) is 53.4 Å². The average molecular weight is 441 g/mol. The minimum Gasteiger partial charge on any atom is -0.477 e. The summed E-state index contributed by atoms with van der Waals surface area (Å²) in [5.41, 5.74) is 1.04. The summed E-state index contributed by atoms with van der Waals surface area (Å²) in [5.74, 6) is -1.28. The van der Waals surface area contributed by atoms with Gasteiger partial charge in [-0.05, 0) is 47.7 Å². The van der Waals surface area contributed by atoms with E-state index in [9.17, 15) is 18.3 Å². The van der Waals surface area contributed by atoms with Crippen molar-refractivity contribution in [1.82, 2.24) is 3.97 Å². The molecule has 0 aliphatic heterocycles. The Morgan fingerprint density at radius 1 is 1.09 bits per heavy atom. The van der Waals surface area contributed by atoms with E-state index in [0.29, 0.717) is 14.5 Å². The molecule has 23 heavy (non-hydrogen) atoms. The molecule has 0 aliphatic carbocycles. The van der Waals surface area contributed by atoms with Crippen LogP contribution in [-0.2, 0) is 10.0 Å². The number of halogens is 1. The molecule has 0 unspecified atom stereocenters. The first kappa shape index (κ1) is 16.0. The molecule has 0 atom stereocenters. The van der Waals surface area contributed by atoms with Gasteiger partial charge in [-0.15, -0.1) is 0 Å². The lowest BCUT2D eigenvalue weighted by Gasteiger charge is -2.10. The normalized spacial score (nSPS) is 11.7. The molecule has 5 nitrogen and oxygen atoms in total. The van der Waals surface area contributed by atoms with Crippen LogP contribution >= 0.6 is 22.6 Å². The van der Waals surface area contributed by atoms with Crippen molar-refractivity contribution in [2.24, 2.45) is 0 Å². The third kappa shape index (κ3) is 2.53. The fourth-order valence-corrected chi connectivity index (χ4v) is 5.03. The second-order valence-electron chi connectivity index (χ2n) is 5.07. The molecule has 0 aliphatic rings. The van der Waals surface area contributed by atoms with Crippen molar-refractivity contribution in [1.29, 1.82) is 0 Å². The summed E-state index contributed by atoms with van der Waals surface area (Å²) in [6.07, 6.45) is 0. The highest BCUT2D eigenvalue weighted by molar-refractivity contribution is 14.1. The van der Waals surface area contributed by atoms with Crippen LogP contribution in [0, 0.1) is 10.5 Å². The number of aromatic carboxylic acids is 1. The van der Waals surface area contributed by atoms with Crippen molar-refractivity contribution in [3.8, 4) is 0 Å². The molecule has 0 saturated carbocycles. The Bertz CT molecular complexity index is 1020. The smallest absolute Gasteiger partial charge is 0.354 e. The number of nitrogens with zero attached hydrogens (tertiary/aromatic N) is 1. The quantitative estimate of drug-likeness (QED) is 0.632. The Morgan fingerprint density at radius 2 is 1.70 bits per heavy atom. The Hall–Kier alpha value is -1.87. The lowest BCUT2D eigenvalue weighted by Crippen LogP contribution is -2.19. The van der Waals surface area contributed by atoms with Gasteiger partial charge >= 0.3 is 5.97 Å². The SMILES string of the molecule is Cc1ccc(S(=O)(=O)n2c(C(=O)O)c(I)c3ccccc32)cc1. The number of rotatable bonds is 3. The Labute approximate surface area is 146 Å². The maximum Gasteiger partial charge on any atom is 0.354 e. The van der Waals surface area contributed by atoms with Gasteiger partial charge in [0.15, 0.2) is 5.69 Å². The molecule has 2 aromatic carbocycles. The number of benzene rings is 2. The van der Waals surface area contributed by atoms with E-state index in [0.717, 1.165) is 9.54 Å². The van der Waals surface area contributed by atoms with Crippen molar-refractivity contribution < 1.29 is 18.3 Å². The van der Waals surface area contributed by atoms with Crippen molar-refractivity contribution in [2.75, 3.05) is 0 Å². The molecule has 1 aromatic heterocycles. The van der Waals surface area contributed by atoms with Crippen LogP contribution in [-0.4, -0.2) is 23.5 Å². The molecule has 0 spiro atoms. The number of aromatic nitrogens is 1. The number of para-hydroxylation sites is 1. The Kier molecular flexibility index (Phi) is 3.93. The highest BCUT2D eigenvalue weighted by Crippen LogP contribution is 2.31. The number of aryl methyl sites for hydroxylation is 1. The van der Waals surface area contributed by atoms with Gasteiger partial charge in [0.2, 0.25) is 0 Å². The fourth-order valence-electron chi connectivity index (χ4n) is 2.42. The van der Waals surface area contributed by atoms with Gasteiger partial charge in [0, 0.05) is 5.39 Å². The molecule has 0 radical (unpaired) electrons. The summed E-state index contributed by atoms with van der Waals surface area (Å²) < 4.78 is 27.3. The van der Waals surface area contributed by atoms with Crippen LogP contribution in [0.1, 0.15) is 16.1 Å². The molecular formula is C16H12INO4S. The van der Waals surface area contributed by atoms with Crippen LogP contribution in [0.25, 0.3) is 10.9 Å². The van der Waals surface area contributed by atoms with Gasteiger partial charge in [-0.25, -0.2) is 17.2 Å². The predicted molar refractivity (Wildman–Crippen MR) is 95.4 cm³/mol. The minimum atomic E-state index is -4.01. The second kappa shape index (κ2) is 5.64. The fraction of sp³-hybridized carbons (Fsp3) is 0.0625. The largest absolute Gasteiger partial charge is 0.477 e. The zero-order valence-corrected chi connectivity index (χ0v) is 15.0. The highest BCUT2D eigenvalue weighted by atomic mass is 127. The van der Waals surface area contributed by atoms with Crippen LogP contribution in [0.5, 0.6) is 0 Å². The Balaban J connectivity index is 2.41. The summed E-state index contributed by atoms with van der Waals surface area (Å²) in [7, 11) is -4.01. The number of hydrogen-bond donors (Lipinski definition) is 1. The second-order valence-corrected chi connectivity index (χ2v) is 7.93. The molecule has 3 aromatic rings. The first-order chi connectivity index (χ1) is 10.8. The molecule has 7 heteroatoms. The molecule has 3 rings (SSSR count). The van der Waals surface area contributed by atoms with Crippen LogP contribution < -0.4 is 0 Å². The zero-order valence-electron chi connectivity index (χ0n) is 12.0. The molecule has 1 N–H and O–H groups in total. The first-order valence-corrected chi connectivity index (χ1v) is 9.20. The van der Waals surface area contributed by atoms with Gasteiger partial charge in [-0.1, -0.05) is 35.9 Å². The van der Waals surface area contributed by atoms with Gasteiger partial charge < -0.3 is 5.11 Å². The number of carboxylic acids is 1. The van der Waals surface area contributed by atoms with E-state index < -0.39 is 16.0 Å². The topological polar surface area (TPSA) is 76.4 Å². The molecule has 0 amide bonds. The van der Waals surface area contributed by atoms with E-state index in [1.165, 1.54) is 12.1 Å². The maximum atomic E-state index is 13.0. The van der Waals surface area contributed by atoms with E-state index in [1.807, 2.05) is 29.5 Å². The van der Waals surface area contributed by atoms with Gasteiger partial charge in [0.1, 0.15) is 0 Å². The van der Waals surface area contributed by atoms with E-state index in [-0.39, 0.29) is 10.6 Å².